The topological polar surface area (TPSA) is 55.2 Å². The number of rotatable bonds is 5. The Bertz CT molecular complexity index is 964. The van der Waals surface area contributed by atoms with Crippen molar-refractivity contribution in [3.63, 3.8) is 0 Å². The highest BCUT2D eigenvalue weighted by Crippen LogP contribution is 2.22. The van der Waals surface area contributed by atoms with Crippen LogP contribution in [0.1, 0.15) is 12.5 Å². The maximum Gasteiger partial charge on any atom is 0.216 e. The van der Waals surface area contributed by atoms with Gasteiger partial charge in [-0.1, -0.05) is 29.3 Å². The molecule has 0 unspecified atom stereocenters. The maximum atomic E-state index is 6.17. The van der Waals surface area contributed by atoms with Gasteiger partial charge in [0.1, 0.15) is 5.75 Å². The van der Waals surface area contributed by atoms with Gasteiger partial charge in [-0.2, -0.15) is 14.9 Å². The van der Waals surface area contributed by atoms with E-state index in [0.29, 0.717) is 27.2 Å². The van der Waals surface area contributed by atoms with Crippen LogP contribution in [0.5, 0.6) is 5.75 Å². The smallest absolute Gasteiger partial charge is 0.216 e. The number of aromatic nitrogens is 3. The molecule has 25 heavy (non-hydrogen) atoms. The Labute approximate surface area is 159 Å². The molecular weight excluding hydrogens is 379 g/mol. The van der Waals surface area contributed by atoms with Gasteiger partial charge in [0.2, 0.25) is 4.77 Å². The average Bonchev–Trinajstić information content (AvgIpc) is 2.96. The minimum absolute atomic E-state index is 0.380. The fourth-order valence-electron chi connectivity index (χ4n) is 2.18. The van der Waals surface area contributed by atoms with Crippen molar-refractivity contribution in [1.82, 2.24) is 14.9 Å². The number of ether oxygens (including phenoxy) is 1. The monoisotopic (exact) mass is 392 g/mol. The number of hydrogen-bond acceptors (Lipinski definition) is 4. The number of aromatic amines is 1. The molecule has 5 nitrogen and oxygen atoms in total. The molecular formula is C17H14Cl2N4OS. The van der Waals surface area contributed by atoms with E-state index in [-0.39, 0.29) is 0 Å². The van der Waals surface area contributed by atoms with Crippen LogP contribution in [-0.4, -0.2) is 27.7 Å². The van der Waals surface area contributed by atoms with Crippen molar-refractivity contribution in [3.8, 4) is 17.1 Å². The van der Waals surface area contributed by atoms with Crippen LogP contribution < -0.4 is 4.74 Å². The fourth-order valence-corrected chi connectivity index (χ4v) is 2.82. The Balaban J connectivity index is 1.94. The third-order valence-corrected chi connectivity index (χ3v) is 4.18. The van der Waals surface area contributed by atoms with Crippen molar-refractivity contribution in [2.45, 2.75) is 6.92 Å². The van der Waals surface area contributed by atoms with Gasteiger partial charge in [-0.15, -0.1) is 0 Å². The second-order valence-electron chi connectivity index (χ2n) is 5.03. The van der Waals surface area contributed by atoms with Gasteiger partial charge in [-0.3, -0.25) is 0 Å². The molecule has 2 aromatic carbocycles. The summed E-state index contributed by atoms with van der Waals surface area (Å²) in [7, 11) is 0. The average molecular weight is 393 g/mol. The Kier molecular flexibility index (Phi) is 5.53. The van der Waals surface area contributed by atoms with Crippen LogP contribution in [0.15, 0.2) is 47.6 Å². The summed E-state index contributed by atoms with van der Waals surface area (Å²) in [5.41, 5.74) is 1.59. The second kappa shape index (κ2) is 7.82. The van der Waals surface area contributed by atoms with Crippen LogP contribution >= 0.6 is 35.4 Å². The highest BCUT2D eigenvalue weighted by Gasteiger charge is 2.08. The zero-order chi connectivity index (χ0) is 17.8. The molecule has 0 aliphatic carbocycles. The third kappa shape index (κ3) is 4.10. The minimum atomic E-state index is 0.380. The number of benzene rings is 2. The van der Waals surface area contributed by atoms with Crippen molar-refractivity contribution >= 4 is 41.6 Å². The van der Waals surface area contributed by atoms with E-state index < -0.39 is 0 Å². The molecule has 0 aliphatic heterocycles. The van der Waals surface area contributed by atoms with Gasteiger partial charge >= 0.3 is 0 Å². The van der Waals surface area contributed by atoms with Crippen LogP contribution in [0.3, 0.4) is 0 Å². The van der Waals surface area contributed by atoms with Crippen LogP contribution in [0.25, 0.3) is 11.4 Å². The molecule has 3 rings (SSSR count). The van der Waals surface area contributed by atoms with E-state index in [1.165, 1.54) is 4.68 Å². The molecule has 1 heterocycles. The lowest BCUT2D eigenvalue weighted by atomic mass is 10.2. The van der Waals surface area contributed by atoms with Gasteiger partial charge in [0, 0.05) is 16.1 Å². The highest BCUT2D eigenvalue weighted by molar-refractivity contribution is 7.71. The predicted molar refractivity (Wildman–Crippen MR) is 103 cm³/mol. The predicted octanol–water partition coefficient (Wildman–Crippen LogP) is 5.20. The summed E-state index contributed by atoms with van der Waals surface area (Å²) in [6.45, 7) is 2.56. The molecule has 0 spiro atoms. The van der Waals surface area contributed by atoms with E-state index in [9.17, 15) is 0 Å². The number of halogens is 2. The van der Waals surface area contributed by atoms with Crippen LogP contribution in [0.4, 0.5) is 0 Å². The largest absolute Gasteiger partial charge is 0.494 e. The van der Waals surface area contributed by atoms with Gasteiger partial charge in [0.05, 0.1) is 17.8 Å². The molecule has 128 valence electrons. The molecule has 1 N–H and O–H groups in total. The fraction of sp³-hybridized carbons (Fsp3) is 0.118. The lowest BCUT2D eigenvalue weighted by molar-refractivity contribution is 0.340. The Morgan fingerprint density at radius 1 is 1.24 bits per heavy atom. The zero-order valence-electron chi connectivity index (χ0n) is 13.2. The number of nitrogens with one attached hydrogen (secondary N) is 1. The van der Waals surface area contributed by atoms with E-state index in [0.717, 1.165) is 16.9 Å². The number of nitrogens with zero attached hydrogens (tertiary/aromatic N) is 3. The van der Waals surface area contributed by atoms with E-state index in [1.54, 1.807) is 24.4 Å². The van der Waals surface area contributed by atoms with Crippen molar-refractivity contribution in [1.29, 1.82) is 0 Å². The van der Waals surface area contributed by atoms with Gasteiger partial charge in [-0.25, -0.2) is 5.10 Å². The summed E-state index contributed by atoms with van der Waals surface area (Å²) in [6.07, 6.45) is 1.61. The first-order valence-corrected chi connectivity index (χ1v) is 8.65. The minimum Gasteiger partial charge on any atom is -0.494 e. The lowest BCUT2D eigenvalue weighted by Crippen LogP contribution is -1.96. The Morgan fingerprint density at radius 3 is 2.68 bits per heavy atom. The third-order valence-electron chi connectivity index (χ3n) is 3.35. The standard InChI is InChI=1S/C17H14Cl2N4OS/c1-2-24-14-7-4-11(5-8-14)16-21-22-17(25)23(16)20-10-12-3-6-13(18)9-15(12)19/h3-10H,2H2,1H3,(H,22,25)/b20-10-. The molecule has 8 heteroatoms. The van der Waals surface area contributed by atoms with Gasteiger partial charge in [-0.05, 0) is 55.5 Å². The SMILES string of the molecule is CCOc1ccc(-c2n[nH]c(=S)n2/N=C\c2ccc(Cl)cc2Cl)cc1. The molecule has 1 aromatic heterocycles. The normalized spacial score (nSPS) is 11.2. The van der Waals surface area contributed by atoms with Crippen LogP contribution in [0, 0.1) is 4.77 Å². The van der Waals surface area contributed by atoms with E-state index in [2.05, 4.69) is 15.3 Å². The maximum absolute atomic E-state index is 6.17. The van der Waals surface area contributed by atoms with Crippen LogP contribution in [-0.2, 0) is 0 Å². The summed E-state index contributed by atoms with van der Waals surface area (Å²) >= 11 is 17.3. The lowest BCUT2D eigenvalue weighted by Gasteiger charge is -2.05. The molecule has 0 radical (unpaired) electrons. The molecule has 0 atom stereocenters. The van der Waals surface area contributed by atoms with Gasteiger partial charge < -0.3 is 4.74 Å². The summed E-state index contributed by atoms with van der Waals surface area (Å²) in [6, 6.07) is 12.7. The first-order chi connectivity index (χ1) is 12.1. The number of hydrogen-bond donors (Lipinski definition) is 1. The quantitative estimate of drug-likeness (QED) is 0.479. The van der Waals surface area contributed by atoms with Gasteiger partial charge in [0.15, 0.2) is 5.82 Å². The summed E-state index contributed by atoms with van der Waals surface area (Å²) < 4.78 is 7.37. The highest BCUT2D eigenvalue weighted by atomic mass is 35.5. The molecule has 0 fully saturated rings. The van der Waals surface area contributed by atoms with Crippen molar-refractivity contribution < 1.29 is 4.74 Å². The molecule has 0 bridgehead atoms. The van der Waals surface area contributed by atoms with Gasteiger partial charge in [0.25, 0.3) is 0 Å². The molecule has 0 saturated heterocycles. The Hall–Kier alpha value is -2.15. The summed E-state index contributed by atoms with van der Waals surface area (Å²) in [5.74, 6) is 1.39. The Morgan fingerprint density at radius 2 is 2.00 bits per heavy atom. The molecule has 0 amide bonds. The van der Waals surface area contributed by atoms with E-state index in [1.807, 2.05) is 31.2 Å². The first-order valence-electron chi connectivity index (χ1n) is 7.48. The first kappa shape index (κ1) is 17.7. The number of H-pyrrole nitrogens is 1. The molecule has 0 saturated carbocycles. The zero-order valence-corrected chi connectivity index (χ0v) is 15.6. The molecule has 0 aliphatic rings. The summed E-state index contributed by atoms with van der Waals surface area (Å²) in [5, 5.41) is 12.5. The van der Waals surface area contributed by atoms with Crippen molar-refractivity contribution in [2.24, 2.45) is 5.10 Å². The van der Waals surface area contributed by atoms with Crippen molar-refractivity contribution in [3.05, 3.63) is 62.8 Å². The molecule has 3 aromatic rings. The summed E-state index contributed by atoms with van der Waals surface area (Å²) in [4.78, 5) is 0. The van der Waals surface area contributed by atoms with Crippen LogP contribution in [0.2, 0.25) is 10.0 Å². The second-order valence-corrected chi connectivity index (χ2v) is 6.26. The van der Waals surface area contributed by atoms with Crippen molar-refractivity contribution in [2.75, 3.05) is 6.61 Å². The van der Waals surface area contributed by atoms with E-state index in [4.69, 9.17) is 40.2 Å². The van der Waals surface area contributed by atoms with E-state index >= 15 is 0 Å².